The summed E-state index contributed by atoms with van der Waals surface area (Å²) in [4.78, 5) is 0. The van der Waals surface area contributed by atoms with Gasteiger partial charge in [0.1, 0.15) is 4.21 Å². The molecule has 1 aromatic rings. The second kappa shape index (κ2) is 7.35. The molecule has 5 nitrogen and oxygen atoms in total. The smallest absolute Gasteiger partial charge is 0.252 e. The molecule has 0 aromatic carbocycles. The molecular formula is C12H22N2O3S2. The topological polar surface area (TPSA) is 72.6 Å². The highest BCUT2D eigenvalue weighted by atomic mass is 32.2. The molecule has 0 bridgehead atoms. The maximum atomic E-state index is 12.6. The lowest BCUT2D eigenvalue weighted by Gasteiger charge is -2.26. The summed E-state index contributed by atoms with van der Waals surface area (Å²) in [5, 5.41) is 1.79. The molecule has 0 amide bonds. The molecule has 1 atom stereocenters. The SMILES string of the molecule is CCC(C)N(CCOC)S(=O)(=O)c1cc(CN)cs1. The van der Waals surface area contributed by atoms with Crippen LogP contribution in [0.2, 0.25) is 0 Å². The van der Waals surface area contributed by atoms with E-state index in [0.717, 1.165) is 12.0 Å². The van der Waals surface area contributed by atoms with E-state index in [1.165, 1.54) is 15.6 Å². The number of rotatable bonds is 8. The lowest BCUT2D eigenvalue weighted by Crippen LogP contribution is -2.40. The molecule has 1 heterocycles. The maximum absolute atomic E-state index is 12.6. The molecule has 0 aliphatic carbocycles. The van der Waals surface area contributed by atoms with Crippen molar-refractivity contribution >= 4 is 21.4 Å². The summed E-state index contributed by atoms with van der Waals surface area (Å²) in [6.45, 7) is 4.99. The van der Waals surface area contributed by atoms with Crippen LogP contribution < -0.4 is 5.73 Å². The number of hydrogen-bond acceptors (Lipinski definition) is 5. The molecule has 0 aliphatic rings. The molecule has 0 saturated carbocycles. The largest absolute Gasteiger partial charge is 0.383 e. The minimum absolute atomic E-state index is 0.0522. The first-order valence-corrected chi connectivity index (χ1v) is 8.57. The summed E-state index contributed by atoms with van der Waals surface area (Å²) in [5.41, 5.74) is 6.37. The summed E-state index contributed by atoms with van der Waals surface area (Å²) < 4.78 is 32.1. The number of thiophene rings is 1. The second-order valence-corrected chi connectivity index (χ2v) is 7.37. The molecule has 1 unspecified atom stereocenters. The van der Waals surface area contributed by atoms with E-state index < -0.39 is 10.0 Å². The van der Waals surface area contributed by atoms with Crippen molar-refractivity contribution in [1.82, 2.24) is 4.31 Å². The average Bonchev–Trinajstić information content (AvgIpc) is 2.88. The Kier molecular flexibility index (Phi) is 6.41. The van der Waals surface area contributed by atoms with Crippen molar-refractivity contribution in [2.75, 3.05) is 20.3 Å². The minimum atomic E-state index is -3.46. The van der Waals surface area contributed by atoms with Crippen LogP contribution >= 0.6 is 11.3 Å². The third-order valence-corrected chi connectivity index (χ3v) is 6.50. The van der Waals surface area contributed by atoms with Crippen molar-refractivity contribution in [3.8, 4) is 0 Å². The highest BCUT2D eigenvalue weighted by Gasteiger charge is 2.29. The van der Waals surface area contributed by atoms with E-state index in [2.05, 4.69) is 0 Å². The van der Waals surface area contributed by atoms with Gasteiger partial charge in [-0.2, -0.15) is 4.31 Å². The molecule has 0 fully saturated rings. The van der Waals surface area contributed by atoms with Crippen LogP contribution in [0.5, 0.6) is 0 Å². The van der Waals surface area contributed by atoms with E-state index in [-0.39, 0.29) is 6.04 Å². The molecule has 0 radical (unpaired) electrons. The Balaban J connectivity index is 3.04. The Morgan fingerprint density at radius 2 is 2.21 bits per heavy atom. The first-order chi connectivity index (χ1) is 8.97. The van der Waals surface area contributed by atoms with Gasteiger partial charge in [-0.3, -0.25) is 0 Å². The fraction of sp³-hybridized carbons (Fsp3) is 0.667. The molecule has 7 heteroatoms. The fourth-order valence-corrected chi connectivity index (χ4v) is 4.71. The van der Waals surface area contributed by atoms with Gasteiger partial charge in [-0.25, -0.2) is 8.42 Å². The van der Waals surface area contributed by atoms with Crippen LogP contribution in [-0.2, 0) is 21.3 Å². The Labute approximate surface area is 119 Å². The number of methoxy groups -OCH3 is 1. The number of nitrogens with two attached hydrogens (primary N) is 1. The van der Waals surface area contributed by atoms with E-state index >= 15 is 0 Å². The van der Waals surface area contributed by atoms with Crippen LogP contribution in [0, 0.1) is 0 Å². The zero-order valence-corrected chi connectivity index (χ0v) is 13.3. The van der Waals surface area contributed by atoms with Gasteiger partial charge in [0.15, 0.2) is 0 Å². The standard InChI is InChI=1S/C12H22N2O3S2/c1-4-10(2)14(5-6-17-3)19(15,16)12-7-11(8-13)9-18-12/h7,9-10H,4-6,8,13H2,1-3H3. The van der Waals surface area contributed by atoms with Crippen LogP contribution in [0.3, 0.4) is 0 Å². The van der Waals surface area contributed by atoms with Crippen molar-refractivity contribution in [2.45, 2.75) is 37.1 Å². The van der Waals surface area contributed by atoms with Crippen molar-refractivity contribution in [1.29, 1.82) is 0 Å². The van der Waals surface area contributed by atoms with Gasteiger partial charge in [0.2, 0.25) is 0 Å². The van der Waals surface area contributed by atoms with Gasteiger partial charge >= 0.3 is 0 Å². The predicted molar refractivity (Wildman–Crippen MR) is 77.7 cm³/mol. The third-order valence-electron chi connectivity index (χ3n) is 3.03. The molecule has 1 aromatic heterocycles. The van der Waals surface area contributed by atoms with Crippen LogP contribution in [0.15, 0.2) is 15.7 Å². The molecule has 0 aliphatic heterocycles. The molecule has 0 spiro atoms. The minimum Gasteiger partial charge on any atom is -0.383 e. The maximum Gasteiger partial charge on any atom is 0.252 e. The first-order valence-electron chi connectivity index (χ1n) is 6.25. The summed E-state index contributed by atoms with van der Waals surface area (Å²) in [6, 6.07) is 1.60. The molecule has 110 valence electrons. The highest BCUT2D eigenvalue weighted by Crippen LogP contribution is 2.25. The van der Waals surface area contributed by atoms with E-state index in [1.54, 1.807) is 18.6 Å². The van der Waals surface area contributed by atoms with Crippen LogP contribution in [-0.4, -0.2) is 39.0 Å². The number of nitrogens with zero attached hydrogens (tertiary/aromatic N) is 1. The van der Waals surface area contributed by atoms with Crippen LogP contribution in [0.1, 0.15) is 25.8 Å². The summed E-state index contributed by atoms with van der Waals surface area (Å²) in [7, 11) is -1.89. The normalized spacial score (nSPS) is 13.9. The number of hydrogen-bond donors (Lipinski definition) is 1. The average molecular weight is 306 g/mol. The van der Waals surface area contributed by atoms with E-state index in [0.29, 0.717) is 23.9 Å². The summed E-state index contributed by atoms with van der Waals surface area (Å²) in [5.74, 6) is 0. The van der Waals surface area contributed by atoms with Gasteiger partial charge in [-0.1, -0.05) is 6.92 Å². The van der Waals surface area contributed by atoms with E-state index in [4.69, 9.17) is 10.5 Å². The first kappa shape index (κ1) is 16.6. The van der Waals surface area contributed by atoms with Gasteiger partial charge in [0.05, 0.1) is 6.61 Å². The Morgan fingerprint density at radius 1 is 1.53 bits per heavy atom. The number of sulfonamides is 1. The molecule has 2 N–H and O–H groups in total. The Morgan fingerprint density at radius 3 is 2.68 bits per heavy atom. The second-order valence-electron chi connectivity index (χ2n) is 4.34. The lowest BCUT2D eigenvalue weighted by atomic mass is 10.3. The van der Waals surface area contributed by atoms with E-state index in [1.807, 2.05) is 13.8 Å². The Hall–Kier alpha value is -0.470. The fourth-order valence-electron chi connectivity index (χ4n) is 1.67. The van der Waals surface area contributed by atoms with Crippen molar-refractivity contribution in [3.63, 3.8) is 0 Å². The monoisotopic (exact) mass is 306 g/mol. The highest BCUT2D eigenvalue weighted by molar-refractivity contribution is 7.91. The van der Waals surface area contributed by atoms with Gasteiger partial charge < -0.3 is 10.5 Å². The molecule has 1 rings (SSSR count). The molecule has 0 saturated heterocycles. The van der Waals surface area contributed by atoms with Crippen molar-refractivity contribution in [2.24, 2.45) is 5.73 Å². The summed E-state index contributed by atoms with van der Waals surface area (Å²) >= 11 is 1.22. The van der Waals surface area contributed by atoms with Crippen molar-refractivity contribution in [3.05, 3.63) is 17.0 Å². The van der Waals surface area contributed by atoms with Gasteiger partial charge in [-0.15, -0.1) is 11.3 Å². The van der Waals surface area contributed by atoms with Gasteiger partial charge in [-0.05, 0) is 30.4 Å². The Bertz CT molecular complexity index is 485. The quantitative estimate of drug-likeness (QED) is 0.792. The zero-order chi connectivity index (χ0) is 14.5. The van der Waals surface area contributed by atoms with Crippen molar-refractivity contribution < 1.29 is 13.2 Å². The van der Waals surface area contributed by atoms with Crippen LogP contribution in [0.25, 0.3) is 0 Å². The zero-order valence-electron chi connectivity index (χ0n) is 11.6. The molecular weight excluding hydrogens is 284 g/mol. The van der Waals surface area contributed by atoms with Crippen LogP contribution in [0.4, 0.5) is 0 Å². The molecule has 19 heavy (non-hydrogen) atoms. The van der Waals surface area contributed by atoms with Gasteiger partial charge in [0.25, 0.3) is 10.0 Å². The third kappa shape index (κ3) is 4.00. The summed E-state index contributed by atoms with van der Waals surface area (Å²) in [6.07, 6.45) is 0.762. The van der Waals surface area contributed by atoms with Gasteiger partial charge in [0, 0.05) is 26.2 Å². The lowest BCUT2D eigenvalue weighted by molar-refractivity contribution is 0.167. The number of ether oxygens (including phenoxy) is 1. The predicted octanol–water partition coefficient (Wildman–Crippen LogP) is 1.64. The van der Waals surface area contributed by atoms with E-state index in [9.17, 15) is 8.42 Å².